The van der Waals surface area contributed by atoms with Crippen molar-refractivity contribution < 1.29 is 18.8 Å². The van der Waals surface area contributed by atoms with Gasteiger partial charge in [-0.25, -0.2) is 9.18 Å². The number of carbonyl (C=O) groups excluding carboxylic acids is 3. The molecule has 2 N–H and O–H groups in total. The molecule has 146 valence electrons. The number of hydrogen-bond acceptors (Lipinski definition) is 3. The van der Waals surface area contributed by atoms with Gasteiger partial charge in [-0.15, -0.1) is 0 Å². The summed E-state index contributed by atoms with van der Waals surface area (Å²) in [5.41, 5.74) is -0.205. The summed E-state index contributed by atoms with van der Waals surface area (Å²) in [5.74, 6) is -1.58. The molecule has 28 heavy (non-hydrogen) atoms. The monoisotopic (exact) mass is 384 g/mol. The van der Waals surface area contributed by atoms with E-state index in [-0.39, 0.29) is 11.6 Å². The molecular formula is C20H21FN4O3. The van der Waals surface area contributed by atoms with Crippen LogP contribution in [-0.2, 0) is 9.59 Å². The Labute approximate surface area is 161 Å². The Morgan fingerprint density at radius 2 is 1.86 bits per heavy atom. The number of imide groups is 1. The van der Waals surface area contributed by atoms with Crippen molar-refractivity contribution in [3.63, 3.8) is 0 Å². The van der Waals surface area contributed by atoms with E-state index in [1.807, 2.05) is 12.1 Å². The van der Waals surface area contributed by atoms with E-state index < -0.39 is 29.8 Å². The second kappa shape index (κ2) is 7.10. The van der Waals surface area contributed by atoms with Gasteiger partial charge < -0.3 is 15.2 Å². The van der Waals surface area contributed by atoms with Gasteiger partial charge in [0.05, 0.1) is 5.69 Å². The summed E-state index contributed by atoms with van der Waals surface area (Å²) in [4.78, 5) is 38.3. The molecule has 0 radical (unpaired) electrons. The summed E-state index contributed by atoms with van der Waals surface area (Å²) < 4.78 is 15.9. The molecule has 1 aromatic carbocycles. The van der Waals surface area contributed by atoms with Gasteiger partial charge in [-0.3, -0.25) is 14.5 Å². The van der Waals surface area contributed by atoms with Crippen LogP contribution >= 0.6 is 0 Å². The van der Waals surface area contributed by atoms with Gasteiger partial charge in [-0.1, -0.05) is 19.3 Å². The molecule has 1 saturated carbocycles. The predicted octanol–water partition coefficient (Wildman–Crippen LogP) is 2.81. The van der Waals surface area contributed by atoms with Crippen LogP contribution in [0.3, 0.4) is 0 Å². The van der Waals surface area contributed by atoms with Crippen molar-refractivity contribution in [2.24, 2.45) is 0 Å². The predicted molar refractivity (Wildman–Crippen MR) is 100 cm³/mol. The number of nitrogens with one attached hydrogen (secondary N) is 2. The number of halogens is 1. The fraction of sp³-hybridized carbons (Fsp3) is 0.350. The molecule has 4 amide bonds. The van der Waals surface area contributed by atoms with E-state index in [1.54, 1.807) is 23.0 Å². The van der Waals surface area contributed by atoms with Gasteiger partial charge in [0.1, 0.15) is 17.9 Å². The van der Waals surface area contributed by atoms with E-state index in [4.69, 9.17) is 0 Å². The Hall–Kier alpha value is -3.16. The lowest BCUT2D eigenvalue weighted by molar-refractivity contribution is -0.134. The number of hydrogen-bond donors (Lipinski definition) is 2. The molecule has 1 aliphatic carbocycles. The quantitative estimate of drug-likeness (QED) is 0.795. The molecule has 7 nitrogen and oxygen atoms in total. The smallest absolute Gasteiger partial charge is 0.324 e. The summed E-state index contributed by atoms with van der Waals surface area (Å²) >= 11 is 0. The largest absolute Gasteiger partial charge is 0.325 e. The van der Waals surface area contributed by atoms with Crippen LogP contribution in [0.5, 0.6) is 0 Å². The molecule has 8 heteroatoms. The number of carbonyl (C=O) groups is 3. The van der Waals surface area contributed by atoms with Crippen LogP contribution in [0.1, 0.15) is 32.1 Å². The van der Waals surface area contributed by atoms with E-state index in [2.05, 4.69) is 10.6 Å². The fourth-order valence-electron chi connectivity index (χ4n) is 3.92. The van der Waals surface area contributed by atoms with Crippen molar-refractivity contribution in [1.82, 2.24) is 14.8 Å². The van der Waals surface area contributed by atoms with Gasteiger partial charge in [-0.2, -0.15) is 0 Å². The lowest BCUT2D eigenvalue weighted by Crippen LogP contribution is -2.48. The Bertz CT molecular complexity index is 920. The molecule has 2 aromatic rings. The maximum atomic E-state index is 14.1. The van der Waals surface area contributed by atoms with Crippen LogP contribution in [0.2, 0.25) is 0 Å². The highest BCUT2D eigenvalue weighted by Gasteiger charge is 2.51. The normalized spacial score (nSPS) is 18.4. The van der Waals surface area contributed by atoms with E-state index in [9.17, 15) is 18.8 Å². The van der Waals surface area contributed by atoms with Crippen molar-refractivity contribution in [3.8, 4) is 5.69 Å². The minimum Gasteiger partial charge on any atom is -0.324 e. The second-order valence-electron chi connectivity index (χ2n) is 7.27. The summed E-state index contributed by atoms with van der Waals surface area (Å²) in [7, 11) is 0. The third-order valence-electron chi connectivity index (χ3n) is 5.38. The Balaban J connectivity index is 1.47. The van der Waals surface area contributed by atoms with Crippen molar-refractivity contribution in [2.45, 2.75) is 37.6 Å². The Kier molecular flexibility index (Phi) is 4.62. The molecule has 0 atom stereocenters. The third-order valence-corrected chi connectivity index (χ3v) is 5.38. The first kappa shape index (κ1) is 18.2. The van der Waals surface area contributed by atoms with Crippen LogP contribution in [0.15, 0.2) is 42.7 Å². The number of urea groups is 1. The number of nitrogens with zero attached hydrogens (tertiary/aromatic N) is 2. The third kappa shape index (κ3) is 3.26. The Morgan fingerprint density at radius 1 is 1.14 bits per heavy atom. The minimum absolute atomic E-state index is 0.00404. The molecular weight excluding hydrogens is 363 g/mol. The summed E-state index contributed by atoms with van der Waals surface area (Å²) in [6.07, 6.45) is 7.53. The van der Waals surface area contributed by atoms with Crippen LogP contribution in [-0.4, -0.2) is 39.4 Å². The molecule has 1 spiro atoms. The minimum atomic E-state index is -0.880. The highest BCUT2D eigenvalue weighted by atomic mass is 19.1. The van der Waals surface area contributed by atoms with Crippen LogP contribution in [0.25, 0.3) is 5.69 Å². The Morgan fingerprint density at radius 3 is 2.57 bits per heavy atom. The maximum absolute atomic E-state index is 14.1. The highest BCUT2D eigenvalue weighted by Crippen LogP contribution is 2.33. The standard InChI is InChI=1S/C20H21FN4O3/c21-15-7-6-14(24-10-4-5-11-24)12-16(15)22-17(26)13-25-18(27)20(23-19(25)28)8-2-1-3-9-20/h4-7,10-12H,1-3,8-9,13H2,(H,22,26)(H,23,28). The fourth-order valence-corrected chi connectivity index (χ4v) is 3.92. The summed E-state index contributed by atoms with van der Waals surface area (Å²) in [5, 5.41) is 5.23. The van der Waals surface area contributed by atoms with Gasteiger partial charge in [0.15, 0.2) is 0 Å². The molecule has 4 rings (SSSR count). The number of aromatic nitrogens is 1. The number of rotatable bonds is 4. The first-order chi connectivity index (χ1) is 13.5. The average molecular weight is 384 g/mol. The first-order valence-corrected chi connectivity index (χ1v) is 9.35. The van der Waals surface area contributed by atoms with Crippen molar-refractivity contribution >= 4 is 23.5 Å². The first-order valence-electron chi connectivity index (χ1n) is 9.35. The van der Waals surface area contributed by atoms with Crippen molar-refractivity contribution in [3.05, 3.63) is 48.5 Å². The number of amides is 4. The van der Waals surface area contributed by atoms with E-state index in [0.717, 1.165) is 24.2 Å². The zero-order valence-electron chi connectivity index (χ0n) is 15.3. The molecule has 1 saturated heterocycles. The van der Waals surface area contributed by atoms with Gasteiger partial charge in [0, 0.05) is 18.1 Å². The van der Waals surface area contributed by atoms with Crippen molar-refractivity contribution in [2.75, 3.05) is 11.9 Å². The molecule has 1 aromatic heterocycles. The van der Waals surface area contributed by atoms with Crippen LogP contribution < -0.4 is 10.6 Å². The molecule has 1 aliphatic heterocycles. The number of benzene rings is 1. The van der Waals surface area contributed by atoms with E-state index in [0.29, 0.717) is 18.5 Å². The molecule has 2 aliphatic rings. The zero-order chi connectivity index (χ0) is 19.7. The van der Waals surface area contributed by atoms with Gasteiger partial charge >= 0.3 is 6.03 Å². The highest BCUT2D eigenvalue weighted by molar-refractivity contribution is 6.10. The molecule has 0 unspecified atom stereocenters. The second-order valence-corrected chi connectivity index (χ2v) is 7.27. The number of anilines is 1. The molecule has 0 bridgehead atoms. The summed E-state index contributed by atoms with van der Waals surface area (Å²) in [6.45, 7) is -0.445. The van der Waals surface area contributed by atoms with E-state index in [1.165, 1.54) is 12.1 Å². The van der Waals surface area contributed by atoms with Crippen LogP contribution in [0, 0.1) is 5.82 Å². The van der Waals surface area contributed by atoms with Gasteiger partial charge in [-0.05, 0) is 43.2 Å². The topological polar surface area (TPSA) is 83.4 Å². The van der Waals surface area contributed by atoms with Gasteiger partial charge in [0.25, 0.3) is 5.91 Å². The molecule has 2 fully saturated rings. The lowest BCUT2D eigenvalue weighted by atomic mass is 9.82. The van der Waals surface area contributed by atoms with Crippen LogP contribution in [0.4, 0.5) is 14.9 Å². The average Bonchev–Trinajstić information content (AvgIpc) is 3.29. The molecule has 2 heterocycles. The lowest BCUT2D eigenvalue weighted by Gasteiger charge is -2.30. The van der Waals surface area contributed by atoms with E-state index >= 15 is 0 Å². The zero-order valence-corrected chi connectivity index (χ0v) is 15.3. The SMILES string of the molecule is O=C(CN1C(=O)NC2(CCCCC2)C1=O)Nc1cc(-n2cccc2)ccc1F. The maximum Gasteiger partial charge on any atom is 0.325 e. The summed E-state index contributed by atoms with van der Waals surface area (Å²) in [6, 6.07) is 7.46. The van der Waals surface area contributed by atoms with Crippen molar-refractivity contribution in [1.29, 1.82) is 0 Å². The van der Waals surface area contributed by atoms with Gasteiger partial charge in [0.2, 0.25) is 5.91 Å².